The number of hydrogen-bond acceptors (Lipinski definition) is 2. The molecule has 0 radical (unpaired) electrons. The van der Waals surface area contributed by atoms with E-state index in [1.165, 1.54) is 24.8 Å². The molecule has 0 unspecified atom stereocenters. The number of hydrogen-bond donors (Lipinski definition) is 1. The Bertz CT molecular complexity index is 240. The zero-order valence-corrected chi connectivity index (χ0v) is 7.03. The van der Waals surface area contributed by atoms with Gasteiger partial charge in [0.05, 0.1) is 0 Å². The number of rotatable bonds is 1. The lowest BCUT2D eigenvalue weighted by atomic mass is 9.94. The molecule has 1 N–H and O–H groups in total. The molecule has 0 spiro atoms. The third-order valence-corrected chi connectivity index (χ3v) is 2.04. The molecule has 0 heterocycles. The summed E-state index contributed by atoms with van der Waals surface area (Å²) in [5.41, 5.74) is 1.25. The summed E-state index contributed by atoms with van der Waals surface area (Å²) in [5, 5.41) is 17.3. The summed E-state index contributed by atoms with van der Waals surface area (Å²) in [6.07, 6.45) is 8.55. The van der Waals surface area contributed by atoms with Gasteiger partial charge in [-0.2, -0.15) is 0 Å². The van der Waals surface area contributed by atoms with Gasteiger partial charge in [0.2, 0.25) is 11.2 Å². The minimum absolute atomic E-state index is 0.0365. The van der Waals surface area contributed by atoms with Crippen LogP contribution in [0.3, 0.4) is 0 Å². The lowest BCUT2D eigenvalue weighted by molar-refractivity contribution is 0.429. The van der Waals surface area contributed by atoms with Gasteiger partial charge >= 0.3 is 6.20 Å². The van der Waals surface area contributed by atoms with Gasteiger partial charge < -0.3 is 5.11 Å². The van der Waals surface area contributed by atoms with Crippen molar-refractivity contribution in [2.45, 2.75) is 32.1 Å². The van der Waals surface area contributed by atoms with Crippen LogP contribution in [0.1, 0.15) is 32.1 Å². The molecule has 0 amide bonds. The molecule has 3 nitrogen and oxygen atoms in total. The molecule has 64 valence electrons. The fourth-order valence-electron chi connectivity index (χ4n) is 1.46. The van der Waals surface area contributed by atoms with E-state index in [0.29, 0.717) is 0 Å². The van der Waals surface area contributed by atoms with Gasteiger partial charge in [-0.1, -0.05) is 12.0 Å². The van der Waals surface area contributed by atoms with Crippen LogP contribution in [0.5, 0.6) is 0 Å². The Morgan fingerprint density at radius 3 is 2.58 bits per heavy atom. The summed E-state index contributed by atoms with van der Waals surface area (Å²) in [5.74, 6) is 0.0365. The summed E-state index contributed by atoms with van der Waals surface area (Å²) in [4.78, 5) is 2.74. The van der Waals surface area contributed by atoms with Crippen molar-refractivity contribution < 1.29 is 5.11 Å². The molecule has 0 aromatic rings. The van der Waals surface area contributed by atoms with E-state index in [4.69, 9.17) is 10.5 Å². The molecule has 0 atom stereocenters. The van der Waals surface area contributed by atoms with Crippen LogP contribution in [-0.4, -0.2) is 5.11 Å². The largest absolute Gasteiger partial charge is 0.502 e. The Morgan fingerprint density at radius 1 is 1.33 bits per heavy atom. The molecule has 1 rings (SSSR count). The highest BCUT2D eigenvalue weighted by atomic mass is 16.3. The van der Waals surface area contributed by atoms with Gasteiger partial charge in [-0.15, -0.1) is 0 Å². The summed E-state index contributed by atoms with van der Waals surface area (Å²) in [6.45, 7) is 0. The average molecular weight is 165 g/mol. The molecule has 12 heavy (non-hydrogen) atoms. The number of aliphatic hydroxyl groups is 1. The molecule has 1 fully saturated rings. The van der Waals surface area contributed by atoms with Crippen molar-refractivity contribution >= 4 is 0 Å². The third-order valence-electron chi connectivity index (χ3n) is 2.04. The third kappa shape index (κ3) is 2.75. The van der Waals surface area contributed by atoms with Crippen molar-refractivity contribution in [3.05, 3.63) is 28.6 Å². The number of allylic oxidation sites excluding steroid dienone is 2. The van der Waals surface area contributed by atoms with Crippen molar-refractivity contribution in [1.29, 1.82) is 5.39 Å². The second-order valence-electron chi connectivity index (χ2n) is 3.03. The van der Waals surface area contributed by atoms with Crippen molar-refractivity contribution in [2.75, 3.05) is 0 Å². The first kappa shape index (κ1) is 8.79. The van der Waals surface area contributed by atoms with Gasteiger partial charge in [-0.3, -0.25) is 0 Å². The van der Waals surface area contributed by atoms with Gasteiger partial charge in [0.15, 0.2) is 4.98 Å². The van der Waals surface area contributed by atoms with Gasteiger partial charge in [0.1, 0.15) is 0 Å². The summed E-state index contributed by atoms with van der Waals surface area (Å²) >= 11 is 0. The molecule has 3 heteroatoms. The van der Waals surface area contributed by atoms with E-state index in [9.17, 15) is 0 Å². The van der Waals surface area contributed by atoms with E-state index in [1.807, 2.05) is 0 Å². The minimum atomic E-state index is 0.0365. The molecular weight excluding hydrogens is 152 g/mol. The first-order valence-electron chi connectivity index (χ1n) is 4.25. The van der Waals surface area contributed by atoms with E-state index in [-0.39, 0.29) is 5.76 Å². The predicted octanol–water partition coefficient (Wildman–Crippen LogP) is 3.13. The molecule has 0 bridgehead atoms. The molecule has 0 aromatic carbocycles. The maximum Gasteiger partial charge on any atom is 0.391 e. The fourth-order valence-corrected chi connectivity index (χ4v) is 1.46. The lowest BCUT2D eigenvalue weighted by Gasteiger charge is -2.12. The van der Waals surface area contributed by atoms with Gasteiger partial charge in [0, 0.05) is 0 Å². The van der Waals surface area contributed by atoms with Gasteiger partial charge in [0.25, 0.3) is 0 Å². The highest BCUT2D eigenvalue weighted by Crippen LogP contribution is 2.23. The van der Waals surface area contributed by atoms with Crippen LogP contribution < -0.4 is 0 Å². The average Bonchev–Trinajstić information content (AvgIpc) is 2.06. The van der Waals surface area contributed by atoms with Crippen molar-refractivity contribution in [1.82, 2.24) is 0 Å². The Kier molecular flexibility index (Phi) is 3.34. The van der Waals surface area contributed by atoms with Crippen LogP contribution in [0.4, 0.5) is 0 Å². The molecular formula is C9H13N2O+. The Balaban J connectivity index is 2.55. The maximum atomic E-state index is 9.13. The van der Waals surface area contributed by atoms with E-state index < -0.39 is 0 Å². The molecule has 0 saturated heterocycles. The first-order chi connectivity index (χ1) is 5.83. The predicted molar refractivity (Wildman–Crippen MR) is 47.0 cm³/mol. The lowest BCUT2D eigenvalue weighted by Crippen LogP contribution is -1.93. The van der Waals surface area contributed by atoms with E-state index in [0.717, 1.165) is 19.0 Å². The normalized spacial score (nSPS) is 18.6. The summed E-state index contributed by atoms with van der Waals surface area (Å²) in [7, 11) is 0. The van der Waals surface area contributed by atoms with Crippen LogP contribution in [-0.2, 0) is 0 Å². The van der Waals surface area contributed by atoms with Crippen molar-refractivity contribution in [3.63, 3.8) is 0 Å². The van der Waals surface area contributed by atoms with E-state index in [1.54, 1.807) is 6.08 Å². The molecule has 0 aliphatic heterocycles. The van der Waals surface area contributed by atoms with Crippen LogP contribution in [0.2, 0.25) is 0 Å². The standard InChI is InChI=1S/C9H12N2O/c10-11-7-9(12)6-8-4-2-1-3-5-8/h6-7H,1-5H2/p+1/b9-7+. The second kappa shape index (κ2) is 4.55. The fraction of sp³-hybridized carbons (Fsp3) is 0.556. The number of aliphatic hydroxyl groups excluding tert-OH is 1. The molecule has 0 aromatic heterocycles. The Labute approximate surface area is 72.0 Å². The maximum absolute atomic E-state index is 9.13. The highest BCUT2D eigenvalue weighted by molar-refractivity contribution is 5.19. The SMILES string of the molecule is N#[N+]/C=C(/O)C=C1CCCCC1. The topological polar surface area (TPSA) is 48.4 Å². The molecule has 1 saturated carbocycles. The van der Waals surface area contributed by atoms with Crippen LogP contribution >= 0.6 is 0 Å². The smallest absolute Gasteiger partial charge is 0.391 e. The number of diazo groups is 1. The highest BCUT2D eigenvalue weighted by Gasteiger charge is 2.06. The first-order valence-corrected chi connectivity index (χ1v) is 4.25. The zero-order valence-electron chi connectivity index (χ0n) is 7.03. The second-order valence-corrected chi connectivity index (χ2v) is 3.03. The van der Waals surface area contributed by atoms with Gasteiger partial charge in [-0.25, -0.2) is 0 Å². The molecule has 1 aliphatic rings. The Morgan fingerprint density at radius 2 is 2.00 bits per heavy atom. The molecule has 1 aliphatic carbocycles. The zero-order chi connectivity index (χ0) is 8.81. The summed E-state index contributed by atoms with van der Waals surface area (Å²) < 4.78 is 0. The number of nitrogens with zero attached hydrogens (tertiary/aromatic N) is 2. The van der Waals surface area contributed by atoms with Crippen molar-refractivity contribution in [2.24, 2.45) is 0 Å². The quantitative estimate of drug-likeness (QED) is 0.479. The van der Waals surface area contributed by atoms with E-state index in [2.05, 4.69) is 4.98 Å². The van der Waals surface area contributed by atoms with E-state index >= 15 is 0 Å². The summed E-state index contributed by atoms with van der Waals surface area (Å²) in [6, 6.07) is 0. The van der Waals surface area contributed by atoms with Crippen LogP contribution in [0.15, 0.2) is 23.6 Å². The minimum Gasteiger partial charge on any atom is -0.502 e. The van der Waals surface area contributed by atoms with Gasteiger partial charge in [-0.05, 0) is 31.8 Å². The monoisotopic (exact) mass is 165 g/mol. The van der Waals surface area contributed by atoms with Crippen LogP contribution in [0, 0.1) is 5.39 Å². The Hall–Kier alpha value is -1.30. The van der Waals surface area contributed by atoms with Crippen molar-refractivity contribution in [3.8, 4) is 0 Å². The van der Waals surface area contributed by atoms with Crippen LogP contribution in [0.25, 0.3) is 4.98 Å².